The van der Waals surface area contributed by atoms with Gasteiger partial charge in [-0.25, -0.2) is 0 Å². The maximum absolute atomic E-state index is 2.66. The van der Waals surface area contributed by atoms with Gasteiger partial charge in [-0.15, -0.1) is 9.24 Å². The lowest BCUT2D eigenvalue weighted by Crippen LogP contribution is -1.61. The van der Waals surface area contributed by atoms with Gasteiger partial charge in [0.05, 0.1) is 0 Å². The Labute approximate surface area is 48.2 Å². The molecular weight excluding hydrogens is 103 g/mol. The van der Waals surface area contributed by atoms with Crippen molar-refractivity contribution in [2.75, 3.05) is 6.16 Å². The molecule has 0 radical (unpaired) electrons. The van der Waals surface area contributed by atoms with Gasteiger partial charge in [0.2, 0.25) is 0 Å². The molecule has 0 saturated carbocycles. The minimum atomic E-state index is 1.10. The van der Waals surface area contributed by atoms with Crippen molar-refractivity contribution in [1.29, 1.82) is 0 Å². The Bertz CT molecular complexity index is 48.1. The molecule has 0 saturated heterocycles. The Hall–Kier alpha value is 0.170. The van der Waals surface area contributed by atoms with Crippen LogP contribution in [0.2, 0.25) is 0 Å². The van der Waals surface area contributed by atoms with E-state index in [1.54, 1.807) is 0 Å². The van der Waals surface area contributed by atoms with Crippen LogP contribution in [0.1, 0.15) is 19.8 Å². The highest BCUT2D eigenvalue weighted by Crippen LogP contribution is 1.89. The van der Waals surface area contributed by atoms with Crippen LogP contribution in [0.3, 0.4) is 0 Å². The summed E-state index contributed by atoms with van der Waals surface area (Å²) in [5, 5.41) is 0. The summed E-state index contributed by atoms with van der Waals surface area (Å²) < 4.78 is 0. The Morgan fingerprint density at radius 2 is 2.14 bits per heavy atom. The van der Waals surface area contributed by atoms with E-state index in [0.717, 1.165) is 6.16 Å². The topological polar surface area (TPSA) is 0 Å². The molecule has 0 aliphatic heterocycles. The van der Waals surface area contributed by atoms with Gasteiger partial charge in [-0.05, 0) is 12.6 Å². The van der Waals surface area contributed by atoms with Gasteiger partial charge in [-0.3, -0.25) is 0 Å². The van der Waals surface area contributed by atoms with Crippen molar-refractivity contribution in [1.82, 2.24) is 0 Å². The molecule has 0 nitrogen and oxygen atoms in total. The molecule has 0 amide bonds. The molecule has 0 aromatic heterocycles. The SMILES string of the molecule is CCCC=CCP. The van der Waals surface area contributed by atoms with Crippen LogP contribution in [-0.2, 0) is 0 Å². The van der Waals surface area contributed by atoms with Gasteiger partial charge in [0.25, 0.3) is 0 Å². The van der Waals surface area contributed by atoms with Crippen molar-refractivity contribution >= 4 is 9.24 Å². The smallest absolute Gasteiger partial charge is 0.0200 e. The van der Waals surface area contributed by atoms with Crippen LogP contribution in [0.15, 0.2) is 12.2 Å². The van der Waals surface area contributed by atoms with Crippen molar-refractivity contribution in [3.8, 4) is 0 Å². The van der Waals surface area contributed by atoms with Crippen LogP contribution < -0.4 is 0 Å². The molecule has 0 heterocycles. The molecule has 0 N–H and O–H groups in total. The summed E-state index contributed by atoms with van der Waals surface area (Å²) in [5.41, 5.74) is 0. The van der Waals surface area contributed by atoms with Gasteiger partial charge in [0, 0.05) is 0 Å². The van der Waals surface area contributed by atoms with Crippen molar-refractivity contribution in [3.05, 3.63) is 12.2 Å². The van der Waals surface area contributed by atoms with Gasteiger partial charge in [-0.1, -0.05) is 25.5 Å². The second kappa shape index (κ2) is 6.17. The molecule has 1 atom stereocenters. The van der Waals surface area contributed by atoms with Gasteiger partial charge in [-0.2, -0.15) is 0 Å². The summed E-state index contributed by atoms with van der Waals surface area (Å²) in [6.45, 7) is 2.19. The zero-order valence-electron chi connectivity index (χ0n) is 4.85. The van der Waals surface area contributed by atoms with E-state index in [4.69, 9.17) is 0 Å². The number of hydrogen-bond donors (Lipinski definition) is 0. The van der Waals surface area contributed by atoms with Gasteiger partial charge in [0.1, 0.15) is 0 Å². The number of rotatable bonds is 3. The van der Waals surface area contributed by atoms with E-state index in [1.807, 2.05) is 0 Å². The molecule has 0 aromatic carbocycles. The predicted octanol–water partition coefficient (Wildman–Crippen LogP) is 2.22. The Morgan fingerprint density at radius 3 is 2.57 bits per heavy atom. The highest BCUT2D eigenvalue weighted by molar-refractivity contribution is 7.16. The van der Waals surface area contributed by atoms with Crippen molar-refractivity contribution in [2.24, 2.45) is 0 Å². The highest BCUT2D eigenvalue weighted by Gasteiger charge is 1.68. The molecule has 0 aromatic rings. The summed E-state index contributed by atoms with van der Waals surface area (Å²) in [6, 6.07) is 0. The molecule has 0 bridgehead atoms. The normalized spacial score (nSPS) is 10.6. The Morgan fingerprint density at radius 1 is 1.43 bits per heavy atom. The zero-order chi connectivity index (χ0) is 5.54. The van der Waals surface area contributed by atoms with Gasteiger partial charge in [0.15, 0.2) is 0 Å². The average Bonchev–Trinajstić information content (AvgIpc) is 1.69. The molecule has 0 rings (SSSR count). The highest BCUT2D eigenvalue weighted by atomic mass is 31.0. The van der Waals surface area contributed by atoms with E-state index in [2.05, 4.69) is 28.3 Å². The monoisotopic (exact) mass is 116 g/mol. The lowest BCUT2D eigenvalue weighted by Gasteiger charge is -1.79. The maximum Gasteiger partial charge on any atom is -0.0200 e. The fourth-order valence-electron chi connectivity index (χ4n) is 0.381. The van der Waals surface area contributed by atoms with E-state index < -0.39 is 0 Å². The molecular formula is C6H13P. The molecule has 0 spiro atoms. The first kappa shape index (κ1) is 7.17. The molecule has 0 fully saturated rings. The Balaban J connectivity index is 2.78. The lowest BCUT2D eigenvalue weighted by molar-refractivity contribution is 0.957. The van der Waals surface area contributed by atoms with Crippen LogP contribution >= 0.6 is 9.24 Å². The third kappa shape index (κ3) is 6.17. The van der Waals surface area contributed by atoms with E-state index >= 15 is 0 Å². The molecule has 1 unspecified atom stereocenters. The van der Waals surface area contributed by atoms with Crippen LogP contribution in [0.4, 0.5) is 0 Å². The quantitative estimate of drug-likeness (QED) is 0.391. The van der Waals surface area contributed by atoms with E-state index in [0.29, 0.717) is 0 Å². The summed E-state index contributed by atoms with van der Waals surface area (Å²) >= 11 is 0. The first-order valence-electron chi connectivity index (χ1n) is 2.77. The van der Waals surface area contributed by atoms with E-state index in [-0.39, 0.29) is 0 Å². The van der Waals surface area contributed by atoms with E-state index in [9.17, 15) is 0 Å². The number of unbranched alkanes of at least 4 members (excludes halogenated alkanes) is 1. The van der Waals surface area contributed by atoms with Gasteiger partial charge >= 0.3 is 0 Å². The summed E-state index contributed by atoms with van der Waals surface area (Å²) in [4.78, 5) is 0. The van der Waals surface area contributed by atoms with Crippen LogP contribution in [-0.4, -0.2) is 6.16 Å². The standard InChI is InChI=1S/C6H13P/c1-2-3-4-5-6-7/h4-5H,2-3,6-7H2,1H3. The summed E-state index contributed by atoms with van der Waals surface area (Å²) in [5.74, 6) is 0. The lowest BCUT2D eigenvalue weighted by atomic mass is 10.3. The second-order valence-corrected chi connectivity index (χ2v) is 1.97. The fraction of sp³-hybridized carbons (Fsp3) is 0.667. The second-order valence-electron chi connectivity index (χ2n) is 1.50. The third-order valence-corrected chi connectivity index (χ3v) is 1.03. The minimum absolute atomic E-state index is 1.10. The Kier molecular flexibility index (Phi) is 6.32. The first-order valence-corrected chi connectivity index (χ1v) is 3.58. The van der Waals surface area contributed by atoms with Crippen molar-refractivity contribution < 1.29 is 0 Å². The van der Waals surface area contributed by atoms with Crippen LogP contribution in [0.25, 0.3) is 0 Å². The van der Waals surface area contributed by atoms with Crippen LogP contribution in [0, 0.1) is 0 Å². The van der Waals surface area contributed by atoms with Crippen molar-refractivity contribution in [3.63, 3.8) is 0 Å². The summed E-state index contributed by atoms with van der Waals surface area (Å²) in [6.07, 6.45) is 7.98. The third-order valence-electron chi connectivity index (χ3n) is 0.758. The molecule has 7 heavy (non-hydrogen) atoms. The maximum atomic E-state index is 2.66. The van der Waals surface area contributed by atoms with Crippen molar-refractivity contribution in [2.45, 2.75) is 19.8 Å². The first-order chi connectivity index (χ1) is 3.41. The van der Waals surface area contributed by atoms with Gasteiger partial charge < -0.3 is 0 Å². The molecule has 42 valence electrons. The van der Waals surface area contributed by atoms with E-state index in [1.165, 1.54) is 12.8 Å². The fourth-order valence-corrected chi connectivity index (χ4v) is 0.573. The zero-order valence-corrected chi connectivity index (χ0v) is 6.01. The summed E-state index contributed by atoms with van der Waals surface area (Å²) in [7, 11) is 2.66. The predicted molar refractivity (Wildman–Crippen MR) is 38.6 cm³/mol. The molecule has 0 aliphatic carbocycles. The number of allylic oxidation sites excluding steroid dienone is 2. The molecule has 1 heteroatoms. The minimum Gasteiger partial charge on any atom is -0.134 e. The average molecular weight is 116 g/mol. The van der Waals surface area contributed by atoms with Crippen LogP contribution in [0.5, 0.6) is 0 Å². The largest absolute Gasteiger partial charge is 0.134 e. The number of hydrogen-bond acceptors (Lipinski definition) is 0. The molecule has 0 aliphatic rings.